The van der Waals surface area contributed by atoms with Gasteiger partial charge < -0.3 is 19.7 Å². The molecule has 2 atom stereocenters. The third-order valence-corrected chi connectivity index (χ3v) is 9.22. The second-order valence-electron chi connectivity index (χ2n) is 12.3. The molecule has 5 rings (SSSR count). The lowest BCUT2D eigenvalue weighted by atomic mass is 9.85. The number of unbranched alkanes of at least 4 members (excludes halogenated alkanes) is 1. The highest BCUT2D eigenvalue weighted by molar-refractivity contribution is 6.30. The Morgan fingerprint density at radius 3 is 2.45 bits per heavy atom. The molecule has 44 heavy (non-hydrogen) atoms. The van der Waals surface area contributed by atoms with Gasteiger partial charge in [-0.05, 0) is 105 Å². The highest BCUT2D eigenvalue weighted by Gasteiger charge is 2.23. The van der Waals surface area contributed by atoms with Gasteiger partial charge in [-0.25, -0.2) is 4.79 Å². The molecule has 2 N–H and O–H groups in total. The Labute approximate surface area is 265 Å². The lowest BCUT2D eigenvalue weighted by Crippen LogP contribution is -2.26. The molecule has 3 aromatic carbocycles. The van der Waals surface area contributed by atoms with Crippen LogP contribution in [0.4, 0.5) is 0 Å². The molecule has 1 amide bonds. The van der Waals surface area contributed by atoms with E-state index in [1.165, 1.54) is 55.8 Å². The number of amides is 1. The molecule has 0 unspecified atom stereocenters. The maximum Gasteiger partial charge on any atom is 0.344 e. The summed E-state index contributed by atoms with van der Waals surface area (Å²) in [5, 5.41) is 14.1. The van der Waals surface area contributed by atoms with Crippen LogP contribution in [0, 0.1) is 12.8 Å². The minimum absolute atomic E-state index is 0.0887. The highest BCUT2D eigenvalue weighted by atomic mass is 35.5. The van der Waals surface area contributed by atoms with Crippen molar-refractivity contribution in [1.82, 2.24) is 9.88 Å². The number of hydrogen-bond donors (Lipinski definition) is 2. The van der Waals surface area contributed by atoms with E-state index in [-0.39, 0.29) is 11.9 Å². The fraction of sp³-hybridized carbons (Fsp3) is 0.405. The van der Waals surface area contributed by atoms with Crippen molar-refractivity contribution in [3.8, 4) is 5.75 Å². The number of nitrogens with zero attached hydrogens (tertiary/aromatic N) is 1. The highest BCUT2D eigenvalue weighted by Crippen LogP contribution is 2.35. The molecule has 7 heteroatoms. The molecule has 0 saturated heterocycles. The number of fused-ring (bicyclic) bond motifs is 1. The standard InChI is InChI=1S/C37H43ClN2O4/c1-5-6-8-26-11-13-29(14-12-26)23(2)39-36(41)30-15-16-33-34(24(3)40(35(33)20-30)22-27-9-7-10-27)19-28-17-31(38)21-32(18-28)44-25(4)37(42)43/h11-18,20-21,23,25,27H,5-10,19,22H2,1-4H3,(H,39,41)(H,42,43)/t23-,25+/m0/s1. The van der Waals surface area contributed by atoms with Crippen molar-refractivity contribution < 1.29 is 19.4 Å². The van der Waals surface area contributed by atoms with Gasteiger partial charge in [-0.1, -0.05) is 61.7 Å². The lowest BCUT2D eigenvalue weighted by molar-refractivity contribution is -0.144. The Hall–Kier alpha value is -3.77. The summed E-state index contributed by atoms with van der Waals surface area (Å²) in [5.41, 5.74) is 7.40. The van der Waals surface area contributed by atoms with Gasteiger partial charge in [0.2, 0.25) is 0 Å². The van der Waals surface area contributed by atoms with E-state index in [1.54, 1.807) is 6.07 Å². The quantitative estimate of drug-likeness (QED) is 0.158. The van der Waals surface area contributed by atoms with Crippen molar-refractivity contribution in [2.24, 2.45) is 5.92 Å². The molecule has 1 saturated carbocycles. The Morgan fingerprint density at radius 1 is 1.05 bits per heavy atom. The number of carboxylic acid groups (broad SMARTS) is 1. The zero-order chi connectivity index (χ0) is 31.4. The first-order valence-corrected chi connectivity index (χ1v) is 16.2. The van der Waals surface area contributed by atoms with Crippen molar-refractivity contribution in [2.45, 2.75) is 91.3 Å². The van der Waals surface area contributed by atoms with Crippen LogP contribution in [0.2, 0.25) is 5.02 Å². The topological polar surface area (TPSA) is 80.6 Å². The molecule has 232 valence electrons. The van der Waals surface area contributed by atoms with Crippen LogP contribution < -0.4 is 10.1 Å². The Bertz CT molecular complexity index is 1640. The molecule has 0 aliphatic heterocycles. The van der Waals surface area contributed by atoms with E-state index in [0.29, 0.717) is 28.7 Å². The third kappa shape index (κ3) is 7.29. The van der Waals surface area contributed by atoms with Crippen LogP contribution in [0.1, 0.15) is 97.2 Å². The summed E-state index contributed by atoms with van der Waals surface area (Å²) in [6.07, 6.45) is 6.77. The zero-order valence-electron chi connectivity index (χ0n) is 26.2. The number of aliphatic carboxylic acids is 1. The minimum atomic E-state index is -1.03. The summed E-state index contributed by atoms with van der Waals surface area (Å²) < 4.78 is 8.00. The molecule has 0 bridgehead atoms. The second kappa shape index (κ2) is 13.9. The van der Waals surface area contributed by atoms with Crippen LogP contribution in [0.15, 0.2) is 60.7 Å². The largest absolute Gasteiger partial charge is 0.479 e. The van der Waals surface area contributed by atoms with Crippen molar-refractivity contribution >= 4 is 34.4 Å². The van der Waals surface area contributed by atoms with E-state index < -0.39 is 12.1 Å². The maximum absolute atomic E-state index is 13.5. The van der Waals surface area contributed by atoms with Crippen LogP contribution in [-0.2, 0) is 24.2 Å². The first-order chi connectivity index (χ1) is 21.1. The number of halogens is 1. The van der Waals surface area contributed by atoms with Gasteiger partial charge in [0.05, 0.1) is 6.04 Å². The number of carboxylic acids is 1. The van der Waals surface area contributed by atoms with E-state index in [4.69, 9.17) is 16.3 Å². The predicted octanol–water partition coefficient (Wildman–Crippen LogP) is 8.68. The summed E-state index contributed by atoms with van der Waals surface area (Å²) in [6, 6.07) is 19.9. The van der Waals surface area contributed by atoms with E-state index in [1.807, 2.05) is 31.2 Å². The number of rotatable bonds is 13. The van der Waals surface area contributed by atoms with Gasteiger partial charge in [-0.15, -0.1) is 0 Å². The smallest absolute Gasteiger partial charge is 0.344 e. The van der Waals surface area contributed by atoms with Crippen LogP contribution in [-0.4, -0.2) is 27.7 Å². The molecule has 4 aromatic rings. The average Bonchev–Trinajstić information content (AvgIpc) is 3.22. The molecule has 1 heterocycles. The normalized spacial score (nSPS) is 14.7. The van der Waals surface area contributed by atoms with Gasteiger partial charge in [0.25, 0.3) is 5.91 Å². The summed E-state index contributed by atoms with van der Waals surface area (Å²) >= 11 is 6.43. The van der Waals surface area contributed by atoms with Crippen molar-refractivity contribution in [1.29, 1.82) is 0 Å². The monoisotopic (exact) mass is 614 g/mol. The lowest BCUT2D eigenvalue weighted by Gasteiger charge is -2.27. The maximum atomic E-state index is 13.5. The molecular weight excluding hydrogens is 572 g/mol. The van der Waals surface area contributed by atoms with Gasteiger partial charge in [0.1, 0.15) is 5.75 Å². The van der Waals surface area contributed by atoms with Crippen molar-refractivity contribution in [3.05, 3.63) is 99.2 Å². The molecule has 6 nitrogen and oxygen atoms in total. The fourth-order valence-corrected chi connectivity index (χ4v) is 6.30. The summed E-state index contributed by atoms with van der Waals surface area (Å²) in [5.74, 6) is -0.0502. The number of carbonyl (C=O) groups excluding carboxylic acids is 1. The molecule has 1 aliphatic rings. The molecule has 1 aromatic heterocycles. The molecular formula is C37H43ClN2O4. The molecule has 1 aliphatic carbocycles. The zero-order valence-corrected chi connectivity index (χ0v) is 26.9. The van der Waals surface area contributed by atoms with Gasteiger partial charge in [0.15, 0.2) is 6.10 Å². The van der Waals surface area contributed by atoms with Gasteiger partial charge in [0, 0.05) is 40.1 Å². The number of carbonyl (C=O) groups is 2. The predicted molar refractivity (Wildman–Crippen MR) is 177 cm³/mol. The number of ether oxygens (including phenoxy) is 1. The number of aryl methyl sites for hydroxylation is 1. The average molecular weight is 615 g/mol. The second-order valence-corrected chi connectivity index (χ2v) is 12.8. The number of nitrogens with one attached hydrogen (secondary N) is 1. The van der Waals surface area contributed by atoms with E-state index >= 15 is 0 Å². The van der Waals surface area contributed by atoms with E-state index in [2.05, 4.69) is 54.1 Å². The van der Waals surface area contributed by atoms with Crippen molar-refractivity contribution in [3.63, 3.8) is 0 Å². The van der Waals surface area contributed by atoms with Crippen LogP contribution in [0.25, 0.3) is 10.9 Å². The van der Waals surface area contributed by atoms with Crippen molar-refractivity contribution in [2.75, 3.05) is 0 Å². The minimum Gasteiger partial charge on any atom is -0.479 e. The van der Waals surface area contributed by atoms with Crippen LogP contribution in [0.3, 0.4) is 0 Å². The number of hydrogen-bond acceptors (Lipinski definition) is 3. The molecule has 0 spiro atoms. The number of aromatic nitrogens is 1. The first kappa shape index (κ1) is 31.6. The van der Waals surface area contributed by atoms with E-state index in [9.17, 15) is 14.7 Å². The Kier molecular flexibility index (Phi) is 10.00. The molecule has 1 fully saturated rings. The third-order valence-electron chi connectivity index (χ3n) is 9.00. The van der Waals surface area contributed by atoms with Gasteiger partial charge in [-0.3, -0.25) is 4.79 Å². The Balaban J connectivity index is 1.41. The number of benzene rings is 3. The van der Waals surface area contributed by atoms with E-state index in [0.717, 1.165) is 35.0 Å². The fourth-order valence-electron chi connectivity index (χ4n) is 6.05. The Morgan fingerprint density at radius 2 is 1.80 bits per heavy atom. The van der Waals surface area contributed by atoms with Crippen LogP contribution >= 0.6 is 11.6 Å². The first-order valence-electron chi connectivity index (χ1n) is 15.8. The van der Waals surface area contributed by atoms with Crippen LogP contribution in [0.5, 0.6) is 5.75 Å². The summed E-state index contributed by atoms with van der Waals surface area (Å²) in [7, 11) is 0. The van der Waals surface area contributed by atoms with Gasteiger partial charge in [-0.2, -0.15) is 0 Å². The SMILES string of the molecule is CCCCc1ccc([C@H](C)NC(=O)c2ccc3c(Cc4cc(Cl)cc(O[C@H](C)C(=O)O)c4)c(C)n(CC4CCC4)c3c2)cc1. The van der Waals surface area contributed by atoms with Gasteiger partial charge >= 0.3 is 5.97 Å². The summed E-state index contributed by atoms with van der Waals surface area (Å²) in [4.78, 5) is 24.8. The summed E-state index contributed by atoms with van der Waals surface area (Å²) in [6.45, 7) is 8.80. The molecule has 0 radical (unpaired) electrons.